The first kappa shape index (κ1) is 40.8. The van der Waals surface area contributed by atoms with Crippen LogP contribution in [0, 0.1) is 6.92 Å². The third-order valence-electron chi connectivity index (χ3n) is 10.9. The summed E-state index contributed by atoms with van der Waals surface area (Å²) in [6.45, 7) is 14.1. The van der Waals surface area contributed by atoms with Crippen molar-refractivity contribution in [3.8, 4) is 11.5 Å². The summed E-state index contributed by atoms with van der Waals surface area (Å²) in [7, 11) is -2.58. The van der Waals surface area contributed by atoms with Gasteiger partial charge in [0.05, 0.1) is 0 Å². The first-order valence-corrected chi connectivity index (χ1v) is 25.9. The highest BCUT2D eigenvalue weighted by molar-refractivity contribution is 7.79. The highest BCUT2D eigenvalue weighted by atomic mass is 31.2. The molecule has 2 fully saturated rings. The van der Waals surface area contributed by atoms with E-state index in [9.17, 15) is 0 Å². The quantitative estimate of drug-likeness (QED) is 0.0884. The number of rotatable bonds is 19. The molecule has 0 spiro atoms. The van der Waals surface area contributed by atoms with Gasteiger partial charge < -0.3 is 9.05 Å². The van der Waals surface area contributed by atoms with Crippen molar-refractivity contribution in [3.63, 3.8) is 0 Å². The van der Waals surface area contributed by atoms with Gasteiger partial charge in [-0.1, -0.05) is 119 Å². The minimum atomic E-state index is -1.34. The Morgan fingerprint density at radius 3 is 1.92 bits per heavy atom. The first-order chi connectivity index (χ1) is 26.1. The molecule has 53 heavy (non-hydrogen) atoms. The van der Waals surface area contributed by atoms with Gasteiger partial charge in [-0.2, -0.15) is 4.44 Å². The summed E-state index contributed by atoms with van der Waals surface area (Å²) in [5, 5.41) is 3.12. The molecular weight excluding hydrogens is 724 g/mol. The Hall–Kier alpha value is -1.88. The summed E-state index contributed by atoms with van der Waals surface area (Å²) in [4.78, 5) is 0. The lowest BCUT2D eigenvalue weighted by molar-refractivity contribution is 0.428. The monoisotopic (exact) mass is 786 g/mol. The normalized spacial score (nSPS) is 22.2. The molecule has 0 N–H and O–H groups in total. The Morgan fingerprint density at radius 2 is 1.30 bits per heavy atom. The molecule has 4 nitrogen and oxygen atoms in total. The van der Waals surface area contributed by atoms with E-state index in [4.69, 9.17) is 9.05 Å². The molecule has 6 atom stereocenters. The number of unbranched alkanes of at least 4 members (excludes halogenated alkanes) is 2. The van der Waals surface area contributed by atoms with E-state index < -0.39 is 24.7 Å². The fraction of sp³-hybridized carbons (Fsp3) is 0.467. The van der Waals surface area contributed by atoms with Gasteiger partial charge in [-0.15, -0.1) is 0 Å². The Balaban J connectivity index is 1.35. The average Bonchev–Trinajstić information content (AvgIpc) is 3.85. The van der Waals surface area contributed by atoms with E-state index in [-0.39, 0.29) is 8.07 Å². The zero-order valence-corrected chi connectivity index (χ0v) is 36.4. The highest BCUT2D eigenvalue weighted by Crippen LogP contribution is 2.67. The number of para-hydroxylation sites is 2. The number of nitrogens with zero attached hydrogens (tertiary/aromatic N) is 2. The van der Waals surface area contributed by atoms with Crippen molar-refractivity contribution < 1.29 is 9.05 Å². The van der Waals surface area contributed by atoms with E-state index >= 15 is 0 Å². The molecule has 2 aliphatic heterocycles. The predicted molar refractivity (Wildman–Crippen MR) is 236 cm³/mol. The maximum atomic E-state index is 6.84. The Bertz CT molecular complexity index is 1620. The van der Waals surface area contributed by atoms with Crippen LogP contribution in [0.15, 0.2) is 109 Å². The van der Waals surface area contributed by atoms with Crippen LogP contribution in [-0.2, 0) is 0 Å². The van der Waals surface area contributed by atoms with Gasteiger partial charge in [-0.05, 0) is 150 Å². The van der Waals surface area contributed by atoms with E-state index in [1.807, 2.05) is 0 Å². The fourth-order valence-corrected chi connectivity index (χ4v) is 21.2. The van der Waals surface area contributed by atoms with Crippen LogP contribution >= 0.6 is 32.7 Å². The summed E-state index contributed by atoms with van der Waals surface area (Å²) in [6.07, 6.45) is 13.9. The minimum Gasteiger partial charge on any atom is -0.427 e. The molecule has 2 aliphatic rings. The van der Waals surface area contributed by atoms with Crippen LogP contribution in [0.4, 0.5) is 0 Å². The molecule has 0 bridgehead atoms. The zero-order valence-electron chi connectivity index (χ0n) is 32.8. The molecule has 0 radical (unpaired) electrons. The number of aryl methyl sites for hydroxylation is 1. The molecule has 0 aromatic heterocycles. The van der Waals surface area contributed by atoms with Gasteiger partial charge >= 0.3 is 8.53 Å². The second kappa shape index (κ2) is 20.9. The number of hydrogen-bond donors (Lipinski definition) is 0. The Labute approximate surface area is 326 Å². The maximum Gasteiger partial charge on any atom is 0.388 e. The number of hydrogen-bond acceptors (Lipinski definition) is 4. The van der Waals surface area contributed by atoms with Gasteiger partial charge in [0, 0.05) is 21.2 Å². The molecule has 8 heteroatoms. The Morgan fingerprint density at radius 1 is 0.660 bits per heavy atom. The van der Waals surface area contributed by atoms with Crippen LogP contribution in [0.25, 0.3) is 0 Å². The summed E-state index contributed by atoms with van der Waals surface area (Å²) < 4.78 is 19.5. The van der Waals surface area contributed by atoms with Crippen molar-refractivity contribution in [2.75, 3.05) is 25.4 Å². The summed E-state index contributed by atoms with van der Waals surface area (Å²) >= 11 is 0. The molecule has 0 aliphatic carbocycles. The molecule has 4 unspecified atom stereocenters. The molecule has 284 valence electrons. The summed E-state index contributed by atoms with van der Waals surface area (Å²) in [5.74, 6) is 2.31. The van der Waals surface area contributed by atoms with E-state index in [1.165, 1.54) is 69.4 Å². The third kappa shape index (κ3) is 10.3. The van der Waals surface area contributed by atoms with Crippen LogP contribution in [0.2, 0.25) is 0 Å². The molecule has 4 aromatic carbocycles. The van der Waals surface area contributed by atoms with E-state index in [0.29, 0.717) is 11.6 Å². The van der Waals surface area contributed by atoms with Gasteiger partial charge in [0.25, 0.3) is 0 Å². The molecule has 4 aromatic rings. The molecule has 6 rings (SSSR count). The number of benzene rings is 4. The van der Waals surface area contributed by atoms with Gasteiger partial charge in [0.2, 0.25) is 0 Å². The largest absolute Gasteiger partial charge is 0.427 e. The first-order valence-electron chi connectivity index (χ1n) is 20.4. The van der Waals surface area contributed by atoms with E-state index in [0.717, 1.165) is 36.5 Å². The molecule has 2 heterocycles. The van der Waals surface area contributed by atoms with Crippen LogP contribution in [0.5, 0.6) is 11.5 Å². The van der Waals surface area contributed by atoms with Crippen molar-refractivity contribution in [1.82, 2.24) is 8.88 Å². The van der Waals surface area contributed by atoms with Gasteiger partial charge in [0.1, 0.15) is 11.5 Å². The SMILES string of the molecule is CCCCN(P(Oc1ccccc1)Oc1ccccc1)P1CCC(c2cccc(P(c3ccccc3C)N(CCCC)P3CCC[C@H]3CC)c2)[C@H]1CC. The van der Waals surface area contributed by atoms with Crippen LogP contribution in [-0.4, -0.2) is 45.6 Å². The lowest BCUT2D eigenvalue weighted by Crippen LogP contribution is -2.30. The molecule has 0 amide bonds. The fourth-order valence-electron chi connectivity index (χ4n) is 8.13. The van der Waals surface area contributed by atoms with Gasteiger partial charge in [-0.25, -0.2) is 0 Å². The van der Waals surface area contributed by atoms with Gasteiger partial charge in [0.15, 0.2) is 0 Å². The average molecular weight is 787 g/mol. The zero-order chi connectivity index (χ0) is 37.0. The van der Waals surface area contributed by atoms with Crippen molar-refractivity contribution in [2.24, 2.45) is 0 Å². The van der Waals surface area contributed by atoms with Crippen molar-refractivity contribution in [1.29, 1.82) is 0 Å². The Kier molecular flexibility index (Phi) is 16.1. The predicted octanol–water partition coefficient (Wildman–Crippen LogP) is 13.6. The lowest BCUT2D eigenvalue weighted by Gasteiger charge is -2.40. The maximum absolute atomic E-state index is 6.84. The van der Waals surface area contributed by atoms with Crippen LogP contribution in [0.3, 0.4) is 0 Å². The molecular formula is C45H62N2O2P4. The highest BCUT2D eigenvalue weighted by Gasteiger charge is 2.44. The minimum absolute atomic E-state index is 0.153. The second-order valence-corrected chi connectivity index (χ2v) is 23.6. The molecule has 2 saturated heterocycles. The topological polar surface area (TPSA) is 24.9 Å². The van der Waals surface area contributed by atoms with Crippen LogP contribution in [0.1, 0.15) is 103 Å². The second-order valence-electron chi connectivity index (χ2n) is 14.5. The standard InChI is InChI=1S/C45H62N2O2P4/c1-6-10-32-46(50-34-21-29-41(50)8-3)52(45-30-19-18-22-37(45)5)42-28-20-23-38(36-42)43-31-35-51(44(43)9-4)47(33-11-7-2)53(48-39-24-14-12-15-25-39)49-40-26-16-13-17-27-40/h12-20,22-28,30,36,41,43-44H,6-11,21,29,31-35H2,1-5H3/t41-,43?,44-,50?,51?,52?/m1/s1. The third-order valence-corrected chi connectivity index (χ3v) is 23.0. The van der Waals surface area contributed by atoms with Crippen molar-refractivity contribution >= 4 is 43.4 Å². The van der Waals surface area contributed by atoms with E-state index in [2.05, 4.69) is 153 Å². The van der Waals surface area contributed by atoms with E-state index in [1.54, 1.807) is 16.2 Å². The van der Waals surface area contributed by atoms with Crippen molar-refractivity contribution in [2.45, 2.75) is 110 Å². The molecule has 0 saturated carbocycles. The summed E-state index contributed by atoms with van der Waals surface area (Å²) in [5.41, 5.74) is 4.45. The lowest BCUT2D eigenvalue weighted by atomic mass is 9.92. The van der Waals surface area contributed by atoms with Crippen molar-refractivity contribution in [3.05, 3.63) is 120 Å². The van der Waals surface area contributed by atoms with Crippen LogP contribution < -0.4 is 19.7 Å². The smallest absolute Gasteiger partial charge is 0.388 e. The van der Waals surface area contributed by atoms with Gasteiger partial charge in [-0.3, -0.25) is 4.44 Å². The summed E-state index contributed by atoms with van der Waals surface area (Å²) in [6, 6.07) is 40.0.